The molecule has 0 aromatic carbocycles. The van der Waals surface area contributed by atoms with Crippen LogP contribution in [-0.4, -0.2) is 24.0 Å². The van der Waals surface area contributed by atoms with Gasteiger partial charge < -0.3 is 5.73 Å². The Kier molecular flexibility index (Phi) is 2.57. The number of anilines is 2. The molecule has 0 atom stereocenters. The summed E-state index contributed by atoms with van der Waals surface area (Å²) in [5, 5.41) is 4.05. The van der Waals surface area contributed by atoms with Crippen LogP contribution in [0, 0.1) is 12.8 Å². The lowest BCUT2D eigenvalue weighted by atomic mass is 10.4. The lowest BCUT2D eigenvalue weighted by Crippen LogP contribution is -2.20. The molecule has 90 valence electrons. The SMILES string of the molecule is Cc1nn(C)c(NS(=O)(=O)CC2CC2)c1N. The van der Waals surface area contributed by atoms with E-state index in [-0.39, 0.29) is 5.75 Å². The molecule has 1 aliphatic rings. The molecule has 0 aliphatic heterocycles. The molecular formula is C9H16N4O2S. The molecule has 0 radical (unpaired) electrons. The molecule has 1 heterocycles. The summed E-state index contributed by atoms with van der Waals surface area (Å²) < 4.78 is 27.5. The minimum Gasteiger partial charge on any atom is -0.394 e. The summed E-state index contributed by atoms with van der Waals surface area (Å²) in [4.78, 5) is 0. The van der Waals surface area contributed by atoms with Crippen molar-refractivity contribution >= 4 is 21.5 Å². The number of nitrogens with two attached hydrogens (primary N) is 1. The normalized spacial score (nSPS) is 16.4. The van der Waals surface area contributed by atoms with Crippen LogP contribution in [0.3, 0.4) is 0 Å². The van der Waals surface area contributed by atoms with Crippen molar-refractivity contribution in [2.24, 2.45) is 13.0 Å². The summed E-state index contributed by atoms with van der Waals surface area (Å²) in [5.41, 5.74) is 6.77. The zero-order valence-corrected chi connectivity index (χ0v) is 10.2. The molecule has 1 fully saturated rings. The Labute approximate surface area is 94.9 Å². The molecule has 1 aromatic heterocycles. The largest absolute Gasteiger partial charge is 0.394 e. The van der Waals surface area contributed by atoms with Gasteiger partial charge in [0.05, 0.1) is 17.1 Å². The highest BCUT2D eigenvalue weighted by molar-refractivity contribution is 7.92. The Morgan fingerprint density at radius 1 is 1.56 bits per heavy atom. The topological polar surface area (TPSA) is 90.0 Å². The molecule has 2 rings (SSSR count). The second kappa shape index (κ2) is 3.65. The van der Waals surface area contributed by atoms with Crippen LogP contribution in [0.1, 0.15) is 18.5 Å². The maximum atomic E-state index is 11.8. The minimum absolute atomic E-state index is 0.177. The van der Waals surface area contributed by atoms with E-state index in [1.807, 2.05) is 0 Å². The van der Waals surface area contributed by atoms with Crippen molar-refractivity contribution in [3.63, 3.8) is 0 Å². The minimum atomic E-state index is -3.29. The van der Waals surface area contributed by atoms with Gasteiger partial charge in [-0.1, -0.05) is 0 Å². The molecule has 1 aromatic rings. The smallest absolute Gasteiger partial charge is 0.234 e. The molecule has 1 saturated carbocycles. The summed E-state index contributed by atoms with van der Waals surface area (Å²) in [6.45, 7) is 1.74. The molecule has 7 heteroatoms. The average Bonchev–Trinajstić information content (AvgIpc) is 2.91. The number of aromatic nitrogens is 2. The van der Waals surface area contributed by atoms with E-state index in [0.29, 0.717) is 23.1 Å². The fraction of sp³-hybridized carbons (Fsp3) is 0.667. The number of nitrogens with zero attached hydrogens (tertiary/aromatic N) is 2. The van der Waals surface area contributed by atoms with E-state index in [9.17, 15) is 8.42 Å². The number of aryl methyl sites for hydroxylation is 2. The lowest BCUT2D eigenvalue weighted by Gasteiger charge is -2.08. The molecule has 1 aliphatic carbocycles. The van der Waals surface area contributed by atoms with Crippen molar-refractivity contribution < 1.29 is 8.42 Å². The van der Waals surface area contributed by atoms with Crippen molar-refractivity contribution in [1.29, 1.82) is 0 Å². The van der Waals surface area contributed by atoms with Gasteiger partial charge in [-0.05, 0) is 25.7 Å². The summed E-state index contributed by atoms with van der Waals surface area (Å²) in [6.07, 6.45) is 2.00. The van der Waals surface area contributed by atoms with Crippen molar-refractivity contribution in [2.45, 2.75) is 19.8 Å². The number of nitrogens with one attached hydrogen (secondary N) is 1. The third-order valence-electron chi connectivity index (χ3n) is 2.67. The number of sulfonamides is 1. The van der Waals surface area contributed by atoms with E-state index in [1.54, 1.807) is 14.0 Å². The van der Waals surface area contributed by atoms with Gasteiger partial charge in [-0.3, -0.25) is 4.72 Å². The Morgan fingerprint density at radius 3 is 2.62 bits per heavy atom. The highest BCUT2D eigenvalue weighted by atomic mass is 32.2. The average molecular weight is 244 g/mol. The van der Waals surface area contributed by atoms with Crippen LogP contribution >= 0.6 is 0 Å². The van der Waals surface area contributed by atoms with Crippen molar-refractivity contribution in [3.05, 3.63) is 5.69 Å². The van der Waals surface area contributed by atoms with Gasteiger partial charge in [-0.2, -0.15) is 5.10 Å². The van der Waals surface area contributed by atoms with Crippen LogP contribution < -0.4 is 10.5 Å². The van der Waals surface area contributed by atoms with E-state index in [0.717, 1.165) is 12.8 Å². The third kappa shape index (κ3) is 2.29. The van der Waals surface area contributed by atoms with Crippen molar-refractivity contribution in [3.8, 4) is 0 Å². The molecule has 3 N–H and O–H groups in total. The summed E-state index contributed by atoms with van der Waals surface area (Å²) in [5.74, 6) is 0.850. The lowest BCUT2D eigenvalue weighted by molar-refractivity contribution is 0.596. The quantitative estimate of drug-likeness (QED) is 0.805. The fourth-order valence-corrected chi connectivity index (χ4v) is 3.15. The van der Waals surface area contributed by atoms with Crippen LogP contribution in [0.4, 0.5) is 11.5 Å². The highest BCUT2D eigenvalue weighted by Crippen LogP contribution is 2.31. The number of rotatable bonds is 4. The van der Waals surface area contributed by atoms with Gasteiger partial charge >= 0.3 is 0 Å². The maximum Gasteiger partial charge on any atom is 0.234 e. The summed E-state index contributed by atoms with van der Waals surface area (Å²) in [7, 11) is -1.63. The van der Waals surface area contributed by atoms with E-state index < -0.39 is 10.0 Å². The van der Waals surface area contributed by atoms with Crippen molar-refractivity contribution in [2.75, 3.05) is 16.2 Å². The van der Waals surface area contributed by atoms with Crippen molar-refractivity contribution in [1.82, 2.24) is 9.78 Å². The Balaban J connectivity index is 2.19. The first-order valence-corrected chi connectivity index (χ1v) is 6.84. The van der Waals surface area contributed by atoms with E-state index in [1.165, 1.54) is 4.68 Å². The second-order valence-corrected chi connectivity index (χ2v) is 6.07. The Hall–Kier alpha value is -1.24. The first kappa shape index (κ1) is 11.3. The molecule has 0 saturated heterocycles. The molecular weight excluding hydrogens is 228 g/mol. The standard InChI is InChI=1S/C9H16N4O2S/c1-6-8(10)9(13(2)11-6)12-16(14,15)5-7-3-4-7/h7,12H,3-5,10H2,1-2H3. The molecule has 0 bridgehead atoms. The van der Waals surface area contributed by atoms with E-state index >= 15 is 0 Å². The number of nitrogen functional groups attached to an aromatic ring is 1. The first-order valence-electron chi connectivity index (χ1n) is 5.18. The first-order chi connectivity index (χ1) is 7.39. The third-order valence-corrected chi connectivity index (χ3v) is 4.09. The fourth-order valence-electron chi connectivity index (χ4n) is 1.58. The van der Waals surface area contributed by atoms with E-state index in [4.69, 9.17) is 5.73 Å². The molecule has 16 heavy (non-hydrogen) atoms. The van der Waals surface area contributed by atoms with Gasteiger partial charge in [0.2, 0.25) is 10.0 Å². The zero-order valence-electron chi connectivity index (χ0n) is 9.40. The van der Waals surface area contributed by atoms with Gasteiger partial charge in [0, 0.05) is 7.05 Å². The van der Waals surface area contributed by atoms with Gasteiger partial charge in [0.15, 0.2) is 5.82 Å². The van der Waals surface area contributed by atoms with E-state index in [2.05, 4.69) is 9.82 Å². The second-order valence-electron chi connectivity index (χ2n) is 4.30. The van der Waals surface area contributed by atoms with Crippen LogP contribution in [0.15, 0.2) is 0 Å². The molecule has 0 spiro atoms. The monoisotopic (exact) mass is 244 g/mol. The van der Waals surface area contributed by atoms with Crippen LogP contribution in [-0.2, 0) is 17.1 Å². The zero-order chi connectivity index (χ0) is 11.9. The van der Waals surface area contributed by atoms with Gasteiger partial charge in [0.1, 0.15) is 0 Å². The molecule has 0 unspecified atom stereocenters. The predicted molar refractivity (Wildman–Crippen MR) is 62.5 cm³/mol. The van der Waals surface area contributed by atoms with Gasteiger partial charge in [-0.25, -0.2) is 13.1 Å². The summed E-state index contributed by atoms with van der Waals surface area (Å²) >= 11 is 0. The van der Waals surface area contributed by atoms with Crippen LogP contribution in [0.5, 0.6) is 0 Å². The Bertz CT molecular complexity index is 502. The van der Waals surface area contributed by atoms with Gasteiger partial charge in [-0.15, -0.1) is 0 Å². The van der Waals surface area contributed by atoms with Crippen LogP contribution in [0.2, 0.25) is 0 Å². The van der Waals surface area contributed by atoms with Gasteiger partial charge in [0.25, 0.3) is 0 Å². The number of hydrogen-bond acceptors (Lipinski definition) is 4. The van der Waals surface area contributed by atoms with Crippen LogP contribution in [0.25, 0.3) is 0 Å². The predicted octanol–water partition coefficient (Wildman–Crippen LogP) is 0.462. The number of hydrogen-bond donors (Lipinski definition) is 2. The summed E-state index contributed by atoms with van der Waals surface area (Å²) in [6, 6.07) is 0. The maximum absolute atomic E-state index is 11.8. The highest BCUT2D eigenvalue weighted by Gasteiger charge is 2.29. The molecule has 6 nitrogen and oxygen atoms in total. The Morgan fingerprint density at radius 2 is 2.19 bits per heavy atom. The molecule has 0 amide bonds.